The summed E-state index contributed by atoms with van der Waals surface area (Å²) < 4.78 is 5.07. The van der Waals surface area contributed by atoms with Crippen LogP contribution in [0.25, 0.3) is 0 Å². The van der Waals surface area contributed by atoms with Gasteiger partial charge in [-0.3, -0.25) is 4.90 Å². The topological polar surface area (TPSA) is 41.6 Å². The van der Waals surface area contributed by atoms with Crippen LogP contribution >= 0.6 is 0 Å². The zero-order valence-corrected chi connectivity index (χ0v) is 12.0. The largest absolute Gasteiger partial charge is 0.462 e. The number of fused-ring (bicyclic) bond motifs is 1. The predicted molar refractivity (Wildman–Crippen MR) is 78.0 cm³/mol. The van der Waals surface area contributed by atoms with Gasteiger partial charge in [-0.1, -0.05) is 6.07 Å². The van der Waals surface area contributed by atoms with Gasteiger partial charge in [0.1, 0.15) is 0 Å². The second kappa shape index (κ2) is 5.94. The van der Waals surface area contributed by atoms with Gasteiger partial charge < -0.3 is 10.1 Å². The van der Waals surface area contributed by atoms with Crippen LogP contribution in [0.2, 0.25) is 0 Å². The summed E-state index contributed by atoms with van der Waals surface area (Å²) in [6, 6.07) is 6.63. The Kier molecular flexibility index (Phi) is 4.03. The van der Waals surface area contributed by atoms with Crippen LogP contribution in [-0.4, -0.2) is 49.7 Å². The first-order valence-corrected chi connectivity index (χ1v) is 7.51. The Hall–Kier alpha value is -1.39. The molecule has 0 aromatic heterocycles. The van der Waals surface area contributed by atoms with E-state index in [9.17, 15) is 4.79 Å². The van der Waals surface area contributed by atoms with Gasteiger partial charge in [-0.25, -0.2) is 4.79 Å². The van der Waals surface area contributed by atoms with Crippen LogP contribution in [0.3, 0.4) is 0 Å². The van der Waals surface area contributed by atoms with Crippen molar-refractivity contribution in [2.75, 3.05) is 32.8 Å². The van der Waals surface area contributed by atoms with Crippen LogP contribution in [0.5, 0.6) is 0 Å². The summed E-state index contributed by atoms with van der Waals surface area (Å²) in [5, 5.41) is 3.39. The third kappa shape index (κ3) is 2.72. The number of hydrogen-bond acceptors (Lipinski definition) is 4. The third-order valence-corrected chi connectivity index (χ3v) is 4.30. The Balaban J connectivity index is 1.71. The molecule has 0 amide bonds. The Labute approximate surface area is 120 Å². The lowest BCUT2D eigenvalue weighted by Crippen LogP contribution is -2.48. The van der Waals surface area contributed by atoms with Gasteiger partial charge in [0.2, 0.25) is 0 Å². The number of nitrogens with one attached hydrogen (secondary N) is 1. The van der Waals surface area contributed by atoms with Crippen molar-refractivity contribution in [3.63, 3.8) is 0 Å². The van der Waals surface area contributed by atoms with Gasteiger partial charge in [-0.2, -0.15) is 0 Å². The van der Waals surface area contributed by atoms with Gasteiger partial charge in [0, 0.05) is 32.2 Å². The number of ether oxygens (including phenoxy) is 1. The van der Waals surface area contributed by atoms with Crippen molar-refractivity contribution < 1.29 is 9.53 Å². The Bertz CT molecular complexity index is 495. The van der Waals surface area contributed by atoms with E-state index in [1.165, 1.54) is 11.1 Å². The fourth-order valence-corrected chi connectivity index (χ4v) is 3.24. The summed E-state index contributed by atoms with van der Waals surface area (Å²) in [7, 11) is 0. The van der Waals surface area contributed by atoms with Crippen LogP contribution in [0.1, 0.15) is 28.4 Å². The molecule has 0 spiro atoms. The number of piperazine rings is 1. The van der Waals surface area contributed by atoms with Gasteiger partial charge in [0.25, 0.3) is 0 Å². The molecule has 0 bridgehead atoms. The van der Waals surface area contributed by atoms with E-state index in [1.807, 2.05) is 19.1 Å². The average molecular weight is 274 g/mol. The molecule has 0 saturated carbocycles. The lowest BCUT2D eigenvalue weighted by atomic mass is 10.1. The van der Waals surface area contributed by atoms with E-state index in [2.05, 4.69) is 16.3 Å². The molecule has 1 unspecified atom stereocenters. The molecule has 1 saturated heterocycles. The molecule has 4 nitrogen and oxygen atoms in total. The number of carbonyl (C=O) groups excluding carboxylic acids is 1. The van der Waals surface area contributed by atoms with Gasteiger partial charge >= 0.3 is 5.97 Å². The van der Waals surface area contributed by atoms with E-state index in [1.54, 1.807) is 0 Å². The van der Waals surface area contributed by atoms with Crippen molar-refractivity contribution in [1.29, 1.82) is 0 Å². The van der Waals surface area contributed by atoms with Crippen LogP contribution in [0.15, 0.2) is 18.2 Å². The Morgan fingerprint density at radius 1 is 1.30 bits per heavy atom. The number of rotatable bonds is 3. The summed E-state index contributed by atoms with van der Waals surface area (Å²) in [5.41, 5.74) is 3.40. The predicted octanol–water partition coefficient (Wildman–Crippen LogP) is 1.24. The smallest absolute Gasteiger partial charge is 0.338 e. The summed E-state index contributed by atoms with van der Waals surface area (Å²) in [4.78, 5) is 14.4. The second-order valence-electron chi connectivity index (χ2n) is 5.55. The maximum atomic E-state index is 11.8. The van der Waals surface area contributed by atoms with Gasteiger partial charge in [-0.15, -0.1) is 0 Å². The number of hydrogen-bond donors (Lipinski definition) is 1. The monoisotopic (exact) mass is 274 g/mol. The molecule has 1 N–H and O–H groups in total. The molecule has 1 aliphatic heterocycles. The zero-order chi connectivity index (χ0) is 13.9. The minimum atomic E-state index is -0.207. The van der Waals surface area contributed by atoms with E-state index >= 15 is 0 Å². The maximum Gasteiger partial charge on any atom is 0.338 e. The molecule has 4 heteroatoms. The van der Waals surface area contributed by atoms with E-state index < -0.39 is 0 Å². The number of carbonyl (C=O) groups is 1. The molecule has 1 atom stereocenters. The maximum absolute atomic E-state index is 11.8. The first-order valence-electron chi connectivity index (χ1n) is 7.51. The molecule has 1 heterocycles. The highest BCUT2D eigenvalue weighted by atomic mass is 16.5. The quantitative estimate of drug-likeness (QED) is 0.842. The molecule has 0 radical (unpaired) electrons. The number of esters is 1. The molecule has 2 aliphatic rings. The summed E-state index contributed by atoms with van der Waals surface area (Å²) in [5.74, 6) is -0.207. The molecular weight excluding hydrogens is 252 g/mol. The van der Waals surface area contributed by atoms with Crippen molar-refractivity contribution in [1.82, 2.24) is 10.2 Å². The van der Waals surface area contributed by atoms with E-state index in [0.29, 0.717) is 18.2 Å². The first kappa shape index (κ1) is 13.6. The Morgan fingerprint density at radius 2 is 2.05 bits per heavy atom. The molecular formula is C16H22N2O2. The number of benzene rings is 1. The summed E-state index contributed by atoms with van der Waals surface area (Å²) in [6.45, 7) is 6.69. The van der Waals surface area contributed by atoms with Crippen molar-refractivity contribution in [3.05, 3.63) is 34.9 Å². The fourth-order valence-electron chi connectivity index (χ4n) is 3.24. The SMILES string of the molecule is CCOC(=O)c1ccc2c(c1)CC(N1CCNCC1)C2. The van der Waals surface area contributed by atoms with Crippen LogP contribution < -0.4 is 5.32 Å². The lowest BCUT2D eigenvalue weighted by Gasteiger charge is -2.32. The third-order valence-electron chi connectivity index (χ3n) is 4.30. The van der Waals surface area contributed by atoms with Crippen molar-refractivity contribution in [3.8, 4) is 0 Å². The first-order chi connectivity index (χ1) is 9.78. The Morgan fingerprint density at radius 3 is 2.80 bits per heavy atom. The van der Waals surface area contributed by atoms with Gasteiger partial charge in [0.15, 0.2) is 0 Å². The van der Waals surface area contributed by atoms with Crippen molar-refractivity contribution in [2.24, 2.45) is 0 Å². The van der Waals surface area contributed by atoms with Crippen molar-refractivity contribution >= 4 is 5.97 Å². The fraction of sp³-hybridized carbons (Fsp3) is 0.562. The highest BCUT2D eigenvalue weighted by molar-refractivity contribution is 5.89. The van der Waals surface area contributed by atoms with E-state index in [0.717, 1.165) is 39.0 Å². The lowest BCUT2D eigenvalue weighted by molar-refractivity contribution is 0.0526. The highest BCUT2D eigenvalue weighted by Gasteiger charge is 2.28. The van der Waals surface area contributed by atoms with E-state index in [4.69, 9.17) is 4.74 Å². The second-order valence-corrected chi connectivity index (χ2v) is 5.55. The summed E-state index contributed by atoms with van der Waals surface area (Å²) >= 11 is 0. The molecule has 20 heavy (non-hydrogen) atoms. The highest BCUT2D eigenvalue weighted by Crippen LogP contribution is 2.27. The minimum absolute atomic E-state index is 0.207. The summed E-state index contributed by atoms with van der Waals surface area (Å²) in [6.07, 6.45) is 2.17. The average Bonchev–Trinajstić information content (AvgIpc) is 2.91. The zero-order valence-electron chi connectivity index (χ0n) is 12.0. The van der Waals surface area contributed by atoms with Crippen LogP contribution in [-0.2, 0) is 17.6 Å². The van der Waals surface area contributed by atoms with Crippen molar-refractivity contribution in [2.45, 2.75) is 25.8 Å². The molecule has 1 aliphatic carbocycles. The van der Waals surface area contributed by atoms with E-state index in [-0.39, 0.29) is 5.97 Å². The normalized spacial score (nSPS) is 22.6. The van der Waals surface area contributed by atoms with Gasteiger partial charge in [-0.05, 0) is 43.0 Å². The van der Waals surface area contributed by atoms with Crippen LogP contribution in [0.4, 0.5) is 0 Å². The molecule has 1 aromatic carbocycles. The van der Waals surface area contributed by atoms with Gasteiger partial charge in [0.05, 0.1) is 12.2 Å². The standard InChI is InChI=1S/C16H22N2O2/c1-2-20-16(19)13-4-3-12-10-15(11-14(12)9-13)18-7-5-17-6-8-18/h3-4,9,15,17H,2,5-8,10-11H2,1H3. The van der Waals surface area contributed by atoms with Crippen LogP contribution in [0, 0.1) is 0 Å². The molecule has 3 rings (SSSR count). The molecule has 1 aromatic rings. The minimum Gasteiger partial charge on any atom is -0.462 e. The molecule has 1 fully saturated rings. The number of nitrogens with zero attached hydrogens (tertiary/aromatic N) is 1. The molecule has 108 valence electrons.